The third-order valence-corrected chi connectivity index (χ3v) is 2.11. The van der Waals surface area contributed by atoms with Gasteiger partial charge < -0.3 is 0 Å². The van der Waals surface area contributed by atoms with E-state index in [0.717, 1.165) is 12.1 Å². The SMILES string of the molecule is N#CCc1cc(C(F)(F)F)ccc1S. The normalized spacial score (nSPS) is 11.1. The highest BCUT2D eigenvalue weighted by Crippen LogP contribution is 2.31. The van der Waals surface area contributed by atoms with E-state index in [4.69, 9.17) is 5.26 Å². The van der Waals surface area contributed by atoms with Crippen molar-refractivity contribution in [2.45, 2.75) is 17.5 Å². The van der Waals surface area contributed by atoms with Gasteiger partial charge >= 0.3 is 6.18 Å². The van der Waals surface area contributed by atoms with E-state index in [0.29, 0.717) is 10.5 Å². The van der Waals surface area contributed by atoms with E-state index in [1.807, 2.05) is 0 Å². The Morgan fingerprint density at radius 2 is 2.00 bits per heavy atom. The fraction of sp³-hybridized carbons (Fsp3) is 0.222. The average Bonchev–Trinajstić information content (AvgIpc) is 2.07. The molecule has 0 aliphatic carbocycles. The third kappa shape index (κ3) is 2.42. The van der Waals surface area contributed by atoms with Gasteiger partial charge in [0.1, 0.15) is 0 Å². The second-order valence-corrected chi connectivity index (χ2v) is 3.16. The number of halogens is 3. The summed E-state index contributed by atoms with van der Waals surface area (Å²) in [4.78, 5) is 0.402. The van der Waals surface area contributed by atoms with Crippen molar-refractivity contribution in [1.82, 2.24) is 0 Å². The molecule has 0 amide bonds. The molecule has 0 saturated heterocycles. The maximum atomic E-state index is 12.2. The lowest BCUT2D eigenvalue weighted by Gasteiger charge is -2.08. The van der Waals surface area contributed by atoms with Crippen molar-refractivity contribution in [3.8, 4) is 6.07 Å². The van der Waals surface area contributed by atoms with Gasteiger partial charge in [0.05, 0.1) is 18.1 Å². The number of benzene rings is 1. The number of rotatable bonds is 1. The maximum absolute atomic E-state index is 12.2. The molecule has 0 N–H and O–H groups in total. The lowest BCUT2D eigenvalue weighted by Crippen LogP contribution is -2.05. The highest BCUT2D eigenvalue weighted by molar-refractivity contribution is 7.80. The summed E-state index contributed by atoms with van der Waals surface area (Å²) in [5.41, 5.74) is -0.453. The quantitative estimate of drug-likeness (QED) is 0.718. The summed E-state index contributed by atoms with van der Waals surface area (Å²) in [6, 6.07) is 4.93. The van der Waals surface area contributed by atoms with Crippen molar-refractivity contribution < 1.29 is 13.2 Å². The molecule has 1 aromatic rings. The standard InChI is InChI=1S/C9H6F3NS/c10-9(11,12)7-1-2-8(14)6(5-7)3-4-13/h1-2,5,14H,3H2. The summed E-state index contributed by atoms with van der Waals surface area (Å²) in [7, 11) is 0. The first-order valence-corrected chi connectivity index (χ1v) is 4.16. The maximum Gasteiger partial charge on any atom is 0.416 e. The van der Waals surface area contributed by atoms with Gasteiger partial charge in [-0.25, -0.2) is 0 Å². The van der Waals surface area contributed by atoms with E-state index in [1.54, 1.807) is 6.07 Å². The predicted molar refractivity (Wildman–Crippen MR) is 48.0 cm³/mol. The fourth-order valence-electron chi connectivity index (χ4n) is 0.989. The van der Waals surface area contributed by atoms with Crippen LogP contribution in [-0.4, -0.2) is 0 Å². The van der Waals surface area contributed by atoms with Gasteiger partial charge in [-0.05, 0) is 23.8 Å². The summed E-state index contributed by atoms with van der Waals surface area (Å²) in [5, 5.41) is 8.37. The minimum atomic E-state index is -4.37. The number of thiol groups is 1. The summed E-state index contributed by atoms with van der Waals surface area (Å²) in [5.74, 6) is 0. The van der Waals surface area contributed by atoms with Crippen molar-refractivity contribution in [3.63, 3.8) is 0 Å². The van der Waals surface area contributed by atoms with Crippen LogP contribution in [0.25, 0.3) is 0 Å². The van der Waals surface area contributed by atoms with Crippen LogP contribution >= 0.6 is 12.6 Å². The first-order chi connectivity index (χ1) is 6.45. The minimum absolute atomic E-state index is 0.0667. The van der Waals surface area contributed by atoms with E-state index in [9.17, 15) is 13.2 Å². The lowest BCUT2D eigenvalue weighted by atomic mass is 10.1. The Hall–Kier alpha value is -1.15. The number of nitrogens with zero attached hydrogens (tertiary/aromatic N) is 1. The Kier molecular flexibility index (Phi) is 3.06. The molecule has 0 atom stereocenters. The first-order valence-electron chi connectivity index (χ1n) is 3.71. The Morgan fingerprint density at radius 1 is 1.36 bits per heavy atom. The molecule has 0 aliphatic rings. The summed E-state index contributed by atoms with van der Waals surface area (Å²) >= 11 is 3.96. The summed E-state index contributed by atoms with van der Waals surface area (Å²) in [6.45, 7) is 0. The van der Waals surface area contributed by atoms with E-state index >= 15 is 0 Å². The predicted octanol–water partition coefficient (Wildman–Crippen LogP) is 3.06. The highest BCUT2D eigenvalue weighted by Gasteiger charge is 2.30. The van der Waals surface area contributed by atoms with Crippen LogP contribution in [0.5, 0.6) is 0 Å². The number of hydrogen-bond acceptors (Lipinski definition) is 2. The van der Waals surface area contributed by atoms with Crippen molar-refractivity contribution >= 4 is 12.6 Å². The molecule has 1 rings (SSSR count). The van der Waals surface area contributed by atoms with E-state index in [-0.39, 0.29) is 6.42 Å². The van der Waals surface area contributed by atoms with Crippen molar-refractivity contribution in [2.75, 3.05) is 0 Å². The van der Waals surface area contributed by atoms with Gasteiger partial charge in [0.25, 0.3) is 0 Å². The molecular weight excluding hydrogens is 211 g/mol. The number of hydrogen-bond donors (Lipinski definition) is 1. The molecule has 0 saturated carbocycles. The molecule has 74 valence electrons. The smallest absolute Gasteiger partial charge is 0.198 e. The Bertz CT molecular complexity index is 379. The zero-order valence-electron chi connectivity index (χ0n) is 6.97. The second-order valence-electron chi connectivity index (χ2n) is 2.68. The number of alkyl halides is 3. The molecule has 0 fully saturated rings. The van der Waals surface area contributed by atoms with Gasteiger partial charge in [0, 0.05) is 4.90 Å². The van der Waals surface area contributed by atoms with Crippen LogP contribution in [-0.2, 0) is 12.6 Å². The van der Waals surface area contributed by atoms with Crippen LogP contribution in [0.2, 0.25) is 0 Å². The van der Waals surface area contributed by atoms with Gasteiger partial charge in [-0.3, -0.25) is 0 Å². The summed E-state index contributed by atoms with van der Waals surface area (Å²) < 4.78 is 36.7. The first kappa shape index (κ1) is 10.9. The van der Waals surface area contributed by atoms with Gasteiger partial charge in [0.2, 0.25) is 0 Å². The molecule has 0 aromatic heterocycles. The fourth-order valence-corrected chi connectivity index (χ4v) is 1.21. The lowest BCUT2D eigenvalue weighted by molar-refractivity contribution is -0.137. The van der Waals surface area contributed by atoms with Crippen LogP contribution in [0.4, 0.5) is 13.2 Å². The Labute approximate surface area is 84.6 Å². The molecule has 1 aromatic carbocycles. The van der Waals surface area contributed by atoms with Crippen LogP contribution < -0.4 is 0 Å². The minimum Gasteiger partial charge on any atom is -0.198 e. The van der Waals surface area contributed by atoms with Crippen LogP contribution in [0.3, 0.4) is 0 Å². The molecular formula is C9H6F3NS. The van der Waals surface area contributed by atoms with E-state index in [1.165, 1.54) is 6.07 Å². The van der Waals surface area contributed by atoms with Crippen molar-refractivity contribution in [3.05, 3.63) is 29.3 Å². The van der Waals surface area contributed by atoms with Gasteiger partial charge in [0.15, 0.2) is 0 Å². The third-order valence-electron chi connectivity index (χ3n) is 1.68. The Morgan fingerprint density at radius 3 is 2.50 bits per heavy atom. The molecule has 0 bridgehead atoms. The van der Waals surface area contributed by atoms with Gasteiger partial charge in [-0.15, -0.1) is 12.6 Å². The van der Waals surface area contributed by atoms with Crippen LogP contribution in [0.15, 0.2) is 23.1 Å². The molecule has 5 heteroatoms. The van der Waals surface area contributed by atoms with E-state index < -0.39 is 11.7 Å². The van der Waals surface area contributed by atoms with Crippen LogP contribution in [0.1, 0.15) is 11.1 Å². The summed E-state index contributed by atoms with van der Waals surface area (Å²) in [6.07, 6.45) is -4.44. The van der Waals surface area contributed by atoms with Gasteiger partial charge in [-0.2, -0.15) is 18.4 Å². The molecule has 0 heterocycles. The zero-order valence-corrected chi connectivity index (χ0v) is 7.86. The van der Waals surface area contributed by atoms with Crippen LogP contribution in [0, 0.1) is 11.3 Å². The second kappa shape index (κ2) is 3.93. The zero-order chi connectivity index (χ0) is 10.8. The molecule has 0 spiro atoms. The van der Waals surface area contributed by atoms with Crippen molar-refractivity contribution in [1.29, 1.82) is 5.26 Å². The highest BCUT2D eigenvalue weighted by atomic mass is 32.1. The van der Waals surface area contributed by atoms with Crippen molar-refractivity contribution in [2.24, 2.45) is 0 Å². The Balaban J connectivity index is 3.14. The largest absolute Gasteiger partial charge is 0.416 e. The molecule has 14 heavy (non-hydrogen) atoms. The monoisotopic (exact) mass is 217 g/mol. The molecule has 0 unspecified atom stereocenters. The molecule has 0 aliphatic heterocycles. The van der Waals surface area contributed by atoms with E-state index in [2.05, 4.69) is 12.6 Å². The molecule has 1 nitrogen and oxygen atoms in total. The molecule has 0 radical (unpaired) electrons. The number of nitriles is 1. The average molecular weight is 217 g/mol. The van der Waals surface area contributed by atoms with Gasteiger partial charge in [-0.1, -0.05) is 0 Å². The topological polar surface area (TPSA) is 23.8 Å².